The van der Waals surface area contributed by atoms with Gasteiger partial charge in [0.15, 0.2) is 6.61 Å². The minimum absolute atomic E-state index is 0.214. The molecule has 40 heavy (non-hydrogen) atoms. The molecule has 1 aromatic heterocycles. The number of ether oxygens (including phenoxy) is 3. The Balaban J connectivity index is 1.28. The van der Waals surface area contributed by atoms with E-state index in [-0.39, 0.29) is 48.9 Å². The molecule has 3 aromatic rings. The summed E-state index contributed by atoms with van der Waals surface area (Å²) in [4.78, 5) is 40.6. The van der Waals surface area contributed by atoms with Crippen LogP contribution < -0.4 is 30.6 Å². The largest absolute Gasteiger partial charge is 0.493 e. The van der Waals surface area contributed by atoms with Crippen LogP contribution in [0.15, 0.2) is 48.5 Å². The van der Waals surface area contributed by atoms with Gasteiger partial charge >= 0.3 is 0 Å². The van der Waals surface area contributed by atoms with Crippen LogP contribution in [0.25, 0.3) is 0 Å². The van der Waals surface area contributed by atoms with Crippen molar-refractivity contribution in [1.29, 1.82) is 0 Å². The summed E-state index contributed by atoms with van der Waals surface area (Å²) >= 11 is 0. The van der Waals surface area contributed by atoms with Crippen molar-refractivity contribution in [3.05, 3.63) is 65.4 Å². The lowest BCUT2D eigenvalue weighted by Crippen LogP contribution is -2.45. The highest BCUT2D eigenvalue weighted by Gasteiger charge is 2.39. The number of nitrogens with two attached hydrogens (primary N) is 1. The molecule has 2 atom stereocenters. The van der Waals surface area contributed by atoms with Crippen molar-refractivity contribution in [2.24, 2.45) is 5.92 Å². The number of likely N-dealkylation sites (tertiary alicyclic amines) is 1. The first kappa shape index (κ1) is 25.5. The molecule has 0 spiro atoms. The molecular formula is C28H30N6O6. The van der Waals surface area contributed by atoms with E-state index in [0.717, 1.165) is 18.4 Å². The molecule has 1 aliphatic carbocycles. The molecule has 0 radical (unpaired) electrons. The molecule has 7 rings (SSSR count). The molecular weight excluding hydrogens is 516 g/mol. The summed E-state index contributed by atoms with van der Waals surface area (Å²) in [6.45, 7) is 1.11. The number of anilines is 1. The minimum Gasteiger partial charge on any atom is -0.493 e. The van der Waals surface area contributed by atoms with E-state index in [2.05, 4.69) is 20.8 Å². The number of carbonyl (C=O) groups is 3. The number of nitrogens with one attached hydrogen (secondary N) is 3. The van der Waals surface area contributed by atoms with Gasteiger partial charge < -0.3 is 35.5 Å². The van der Waals surface area contributed by atoms with Crippen LogP contribution >= 0.6 is 0 Å². The highest BCUT2D eigenvalue weighted by molar-refractivity contribution is 5.96. The van der Waals surface area contributed by atoms with E-state index < -0.39 is 12.1 Å². The second kappa shape index (κ2) is 10.8. The van der Waals surface area contributed by atoms with Crippen LogP contribution in [-0.2, 0) is 11.3 Å². The van der Waals surface area contributed by atoms with Gasteiger partial charge in [0.2, 0.25) is 0 Å². The summed E-state index contributed by atoms with van der Waals surface area (Å²) in [5.41, 5.74) is 7.13. The summed E-state index contributed by atoms with van der Waals surface area (Å²) < 4.78 is 17.9. The summed E-state index contributed by atoms with van der Waals surface area (Å²) in [5.74, 6) is 1.15. The van der Waals surface area contributed by atoms with Crippen molar-refractivity contribution >= 4 is 23.5 Å². The number of hydrogen-bond acceptors (Lipinski definition) is 8. The fourth-order valence-electron chi connectivity index (χ4n) is 4.70. The van der Waals surface area contributed by atoms with Crippen LogP contribution in [0.5, 0.6) is 17.2 Å². The Morgan fingerprint density at radius 2 is 1.90 bits per heavy atom. The van der Waals surface area contributed by atoms with Crippen LogP contribution in [0.4, 0.5) is 5.82 Å². The Bertz CT molecular complexity index is 1420. The van der Waals surface area contributed by atoms with Crippen molar-refractivity contribution in [2.45, 2.75) is 31.5 Å². The number of nitrogen functional groups attached to an aromatic ring is 1. The number of aromatic nitrogens is 2. The number of fused-ring (bicyclic) bond motifs is 7. The fraction of sp³-hybridized carbons (Fsp3) is 0.357. The van der Waals surface area contributed by atoms with Crippen molar-refractivity contribution in [3.8, 4) is 17.2 Å². The molecule has 4 heterocycles. The fourth-order valence-corrected chi connectivity index (χ4v) is 4.70. The average molecular weight is 547 g/mol. The number of benzene rings is 2. The van der Waals surface area contributed by atoms with Crippen LogP contribution in [0.3, 0.4) is 0 Å². The molecule has 5 N–H and O–H groups in total. The number of H-pyrrole nitrogens is 1. The van der Waals surface area contributed by atoms with Crippen LogP contribution in [0, 0.1) is 5.92 Å². The molecule has 3 amide bonds. The Labute approximate surface area is 230 Å². The molecule has 208 valence electrons. The van der Waals surface area contributed by atoms with E-state index in [4.69, 9.17) is 19.9 Å². The van der Waals surface area contributed by atoms with Gasteiger partial charge in [-0.05, 0) is 48.6 Å². The first-order chi connectivity index (χ1) is 19.4. The lowest BCUT2D eigenvalue weighted by molar-refractivity contribution is -0.123. The normalized spacial score (nSPS) is 20.9. The molecule has 12 heteroatoms. The first-order valence-electron chi connectivity index (χ1n) is 13.2. The van der Waals surface area contributed by atoms with Gasteiger partial charge in [-0.15, -0.1) is 0 Å². The van der Waals surface area contributed by atoms with E-state index in [1.54, 1.807) is 35.2 Å². The molecule has 0 unspecified atom stereocenters. The van der Waals surface area contributed by atoms with Gasteiger partial charge in [-0.1, -0.05) is 12.1 Å². The second-order valence-electron chi connectivity index (χ2n) is 10.3. The monoisotopic (exact) mass is 546 g/mol. The van der Waals surface area contributed by atoms with E-state index >= 15 is 0 Å². The summed E-state index contributed by atoms with van der Waals surface area (Å²) in [6.07, 6.45) is 1.71. The van der Waals surface area contributed by atoms with Crippen molar-refractivity contribution in [3.63, 3.8) is 0 Å². The van der Waals surface area contributed by atoms with E-state index in [0.29, 0.717) is 41.9 Å². The Kier molecular flexibility index (Phi) is 6.89. The van der Waals surface area contributed by atoms with Crippen molar-refractivity contribution in [1.82, 2.24) is 25.7 Å². The summed E-state index contributed by atoms with van der Waals surface area (Å²) in [6, 6.07) is 13.1. The average Bonchev–Trinajstić information content (AvgIpc) is 3.56. The zero-order chi connectivity index (χ0) is 27.6. The second-order valence-corrected chi connectivity index (χ2v) is 10.3. The zero-order valence-corrected chi connectivity index (χ0v) is 21.7. The SMILES string of the molecule is Nc1cc(C(=O)N2C[C@@H]3NC(=O)c4cc(cc(OCC5CC5)c4)OCC(=O)NCc4ccc(cc4)O[C@H]3C2)[nH]n1. The number of hydrogen-bond donors (Lipinski definition) is 4. The quantitative estimate of drug-likeness (QED) is 0.383. The molecule has 1 saturated heterocycles. The molecule has 4 aliphatic rings. The molecule has 4 bridgehead atoms. The standard InChI is InChI=1S/C28H30N6O6/c29-25-10-22(32-33-25)28(37)34-12-23-24(13-34)40-19-5-3-16(4-6-19)11-30-26(35)15-39-21-8-18(27(36)31-23)7-20(9-21)38-14-17-1-2-17/h3-10,17,23-24H,1-2,11-15H2,(H,30,35)(H,31,36)(H3,29,32,33)/t23-,24-/m0/s1. The smallest absolute Gasteiger partial charge is 0.272 e. The highest BCUT2D eigenvalue weighted by atomic mass is 16.5. The van der Waals surface area contributed by atoms with Gasteiger partial charge in [0, 0.05) is 30.8 Å². The molecule has 2 fully saturated rings. The van der Waals surface area contributed by atoms with Crippen LogP contribution in [-0.4, -0.2) is 71.3 Å². The van der Waals surface area contributed by atoms with Gasteiger partial charge in [0.1, 0.15) is 34.9 Å². The number of aromatic amines is 1. The van der Waals surface area contributed by atoms with Gasteiger partial charge in [0.05, 0.1) is 19.2 Å². The van der Waals surface area contributed by atoms with Crippen LogP contribution in [0.2, 0.25) is 0 Å². The number of nitrogens with zero attached hydrogens (tertiary/aromatic N) is 2. The lowest BCUT2D eigenvalue weighted by Gasteiger charge is -2.21. The molecule has 2 aromatic carbocycles. The van der Waals surface area contributed by atoms with Crippen LogP contribution in [0.1, 0.15) is 39.3 Å². The highest BCUT2D eigenvalue weighted by Crippen LogP contribution is 2.31. The lowest BCUT2D eigenvalue weighted by atomic mass is 10.1. The van der Waals surface area contributed by atoms with Crippen molar-refractivity contribution in [2.75, 3.05) is 32.0 Å². The minimum atomic E-state index is -0.528. The summed E-state index contributed by atoms with van der Waals surface area (Å²) in [5, 5.41) is 12.3. The summed E-state index contributed by atoms with van der Waals surface area (Å²) in [7, 11) is 0. The topological polar surface area (TPSA) is 161 Å². The first-order valence-corrected chi connectivity index (χ1v) is 13.2. The zero-order valence-electron chi connectivity index (χ0n) is 21.7. The number of carbonyl (C=O) groups excluding carboxylic acids is 3. The van der Waals surface area contributed by atoms with Crippen molar-refractivity contribution < 1.29 is 28.6 Å². The van der Waals surface area contributed by atoms with E-state index in [1.165, 1.54) is 6.07 Å². The van der Waals surface area contributed by atoms with Gasteiger partial charge in [-0.2, -0.15) is 5.10 Å². The van der Waals surface area contributed by atoms with E-state index in [1.807, 2.05) is 12.1 Å². The Morgan fingerprint density at radius 3 is 2.65 bits per heavy atom. The Morgan fingerprint density at radius 1 is 1.07 bits per heavy atom. The third-order valence-corrected chi connectivity index (χ3v) is 7.09. The maximum atomic E-state index is 13.5. The number of amides is 3. The van der Waals surface area contributed by atoms with Gasteiger partial charge in [-0.3, -0.25) is 19.5 Å². The maximum Gasteiger partial charge on any atom is 0.272 e. The number of rotatable bonds is 4. The van der Waals surface area contributed by atoms with E-state index in [9.17, 15) is 14.4 Å². The third-order valence-electron chi connectivity index (χ3n) is 7.09. The third kappa shape index (κ3) is 5.95. The Hall–Kier alpha value is -4.74. The van der Waals surface area contributed by atoms with Gasteiger partial charge in [-0.25, -0.2) is 0 Å². The van der Waals surface area contributed by atoms with Gasteiger partial charge in [0.25, 0.3) is 17.7 Å². The maximum absolute atomic E-state index is 13.5. The molecule has 1 saturated carbocycles. The predicted molar refractivity (Wildman–Crippen MR) is 143 cm³/mol. The molecule has 3 aliphatic heterocycles. The predicted octanol–water partition coefficient (Wildman–Crippen LogP) is 1.49. The molecule has 12 nitrogen and oxygen atoms in total.